The molecule has 0 amide bonds. The number of benzene rings is 2. The zero-order valence-electron chi connectivity index (χ0n) is 10.5. The number of aromatic hydroxyl groups is 1. The van der Waals surface area contributed by atoms with Crippen molar-refractivity contribution in [2.75, 3.05) is 0 Å². The Bertz CT molecular complexity index is 726. The highest BCUT2D eigenvalue weighted by Crippen LogP contribution is 2.24. The van der Waals surface area contributed by atoms with Crippen LogP contribution in [0.15, 0.2) is 53.1 Å². The lowest BCUT2D eigenvalue weighted by Crippen LogP contribution is -1.90. The molecule has 20 heavy (non-hydrogen) atoms. The van der Waals surface area contributed by atoms with Crippen LogP contribution >= 0.6 is 0 Å². The van der Waals surface area contributed by atoms with Crippen molar-refractivity contribution in [1.29, 1.82) is 0 Å². The van der Waals surface area contributed by atoms with Crippen molar-refractivity contribution in [3.8, 4) is 17.2 Å². The van der Waals surface area contributed by atoms with Crippen LogP contribution in [0, 0.1) is 5.82 Å². The molecule has 0 aliphatic rings. The van der Waals surface area contributed by atoms with E-state index in [0.717, 1.165) is 11.6 Å². The molecular formula is C15H11FN2O2. The van der Waals surface area contributed by atoms with Gasteiger partial charge in [-0.1, -0.05) is 35.5 Å². The van der Waals surface area contributed by atoms with E-state index in [0.29, 0.717) is 12.2 Å². The fourth-order valence-electron chi connectivity index (χ4n) is 1.89. The maximum Gasteiger partial charge on any atom is 0.260 e. The van der Waals surface area contributed by atoms with E-state index in [1.165, 1.54) is 12.1 Å². The molecule has 0 aliphatic carbocycles. The smallest absolute Gasteiger partial charge is 0.260 e. The molecular weight excluding hydrogens is 259 g/mol. The monoisotopic (exact) mass is 270 g/mol. The molecule has 0 saturated heterocycles. The van der Waals surface area contributed by atoms with E-state index in [1.54, 1.807) is 0 Å². The van der Waals surface area contributed by atoms with Gasteiger partial charge in [-0.15, -0.1) is 0 Å². The normalized spacial score (nSPS) is 10.7. The van der Waals surface area contributed by atoms with Crippen molar-refractivity contribution in [2.24, 2.45) is 0 Å². The van der Waals surface area contributed by atoms with Gasteiger partial charge in [-0.3, -0.25) is 0 Å². The zero-order valence-corrected chi connectivity index (χ0v) is 10.5. The Labute approximate surface area is 114 Å². The third-order valence-electron chi connectivity index (χ3n) is 2.86. The van der Waals surface area contributed by atoms with Crippen LogP contribution in [0.3, 0.4) is 0 Å². The quantitative estimate of drug-likeness (QED) is 0.794. The Morgan fingerprint density at radius 2 is 1.90 bits per heavy atom. The van der Waals surface area contributed by atoms with Crippen molar-refractivity contribution < 1.29 is 14.0 Å². The Hall–Kier alpha value is -2.69. The van der Waals surface area contributed by atoms with Gasteiger partial charge in [0, 0.05) is 12.5 Å². The van der Waals surface area contributed by atoms with Crippen molar-refractivity contribution in [3.63, 3.8) is 0 Å². The maximum atomic E-state index is 13.7. The van der Waals surface area contributed by atoms with Gasteiger partial charge in [0.2, 0.25) is 0 Å². The van der Waals surface area contributed by atoms with E-state index in [-0.39, 0.29) is 17.2 Å². The van der Waals surface area contributed by atoms with Crippen LogP contribution in [-0.4, -0.2) is 15.2 Å². The van der Waals surface area contributed by atoms with E-state index < -0.39 is 5.82 Å². The molecule has 4 nitrogen and oxygen atoms in total. The average Bonchev–Trinajstić information content (AvgIpc) is 2.88. The first-order valence-corrected chi connectivity index (χ1v) is 6.08. The first-order chi connectivity index (χ1) is 9.72. The maximum absolute atomic E-state index is 13.7. The van der Waals surface area contributed by atoms with E-state index in [2.05, 4.69) is 10.1 Å². The minimum Gasteiger partial charge on any atom is -0.508 e. The summed E-state index contributed by atoms with van der Waals surface area (Å²) in [7, 11) is 0. The van der Waals surface area contributed by atoms with Crippen LogP contribution < -0.4 is 0 Å². The predicted octanol–water partition coefficient (Wildman–Crippen LogP) is 3.17. The first kappa shape index (κ1) is 12.3. The van der Waals surface area contributed by atoms with E-state index in [4.69, 9.17) is 4.52 Å². The van der Waals surface area contributed by atoms with Gasteiger partial charge >= 0.3 is 0 Å². The molecule has 0 atom stereocenters. The van der Waals surface area contributed by atoms with Crippen LogP contribution in [0.1, 0.15) is 11.4 Å². The van der Waals surface area contributed by atoms with Crippen LogP contribution in [-0.2, 0) is 6.42 Å². The molecule has 3 rings (SSSR count). The molecule has 100 valence electrons. The van der Waals surface area contributed by atoms with Crippen molar-refractivity contribution in [1.82, 2.24) is 10.1 Å². The highest BCUT2D eigenvalue weighted by atomic mass is 19.1. The molecule has 0 radical (unpaired) electrons. The third kappa shape index (κ3) is 2.51. The number of hydrogen-bond donors (Lipinski definition) is 1. The van der Waals surface area contributed by atoms with E-state index in [1.807, 2.05) is 30.3 Å². The molecule has 0 fully saturated rings. The first-order valence-electron chi connectivity index (χ1n) is 6.08. The van der Waals surface area contributed by atoms with Gasteiger partial charge < -0.3 is 9.63 Å². The van der Waals surface area contributed by atoms with Gasteiger partial charge in [0.1, 0.15) is 11.6 Å². The third-order valence-corrected chi connectivity index (χ3v) is 2.86. The van der Waals surface area contributed by atoms with Gasteiger partial charge in [-0.25, -0.2) is 4.39 Å². The number of phenolic OH excluding ortho intramolecular Hbond substituents is 1. The molecule has 0 bridgehead atoms. The molecule has 0 aliphatic heterocycles. The number of nitrogens with zero attached hydrogens (tertiary/aromatic N) is 2. The Balaban J connectivity index is 1.87. The SMILES string of the molecule is Oc1ccc(-c2nc(Cc3ccccc3)no2)c(F)c1. The van der Waals surface area contributed by atoms with Crippen molar-refractivity contribution in [2.45, 2.75) is 6.42 Å². The second kappa shape index (κ2) is 5.13. The number of phenols is 1. The number of aromatic nitrogens is 2. The Morgan fingerprint density at radius 1 is 1.10 bits per heavy atom. The zero-order chi connectivity index (χ0) is 13.9. The Morgan fingerprint density at radius 3 is 2.65 bits per heavy atom. The lowest BCUT2D eigenvalue weighted by atomic mass is 10.1. The summed E-state index contributed by atoms with van der Waals surface area (Å²) in [5.41, 5.74) is 1.22. The van der Waals surface area contributed by atoms with Gasteiger partial charge in [0.15, 0.2) is 5.82 Å². The molecule has 1 aromatic heterocycles. The molecule has 1 N–H and O–H groups in total. The summed E-state index contributed by atoms with van der Waals surface area (Å²) in [5, 5.41) is 13.0. The summed E-state index contributed by atoms with van der Waals surface area (Å²) in [5.74, 6) is -0.151. The fourth-order valence-corrected chi connectivity index (χ4v) is 1.89. The van der Waals surface area contributed by atoms with E-state index >= 15 is 0 Å². The molecule has 5 heteroatoms. The fraction of sp³-hybridized carbons (Fsp3) is 0.0667. The highest BCUT2D eigenvalue weighted by Gasteiger charge is 2.13. The molecule has 0 unspecified atom stereocenters. The minimum absolute atomic E-state index is 0.105. The molecule has 0 spiro atoms. The van der Waals surface area contributed by atoms with Crippen LogP contribution in [0.5, 0.6) is 5.75 Å². The molecule has 2 aromatic carbocycles. The minimum atomic E-state index is -0.597. The summed E-state index contributed by atoms with van der Waals surface area (Å²) in [6.45, 7) is 0. The summed E-state index contributed by atoms with van der Waals surface area (Å²) in [4.78, 5) is 4.17. The predicted molar refractivity (Wildman–Crippen MR) is 70.6 cm³/mol. The molecule has 3 aromatic rings. The standard InChI is InChI=1S/C15H11FN2O2/c16-13-9-11(19)6-7-12(13)15-17-14(18-20-15)8-10-4-2-1-3-5-10/h1-7,9,19H,8H2. The van der Waals surface area contributed by atoms with Crippen molar-refractivity contribution in [3.05, 3.63) is 65.7 Å². The van der Waals surface area contributed by atoms with Crippen LogP contribution in [0.25, 0.3) is 11.5 Å². The lowest BCUT2D eigenvalue weighted by molar-refractivity contribution is 0.421. The van der Waals surface area contributed by atoms with Crippen LogP contribution in [0.2, 0.25) is 0 Å². The molecule has 0 saturated carbocycles. The van der Waals surface area contributed by atoms with Gasteiger partial charge in [0.05, 0.1) is 5.56 Å². The second-order valence-corrected chi connectivity index (χ2v) is 4.34. The van der Waals surface area contributed by atoms with Gasteiger partial charge in [0.25, 0.3) is 5.89 Å². The summed E-state index contributed by atoms with van der Waals surface area (Å²) >= 11 is 0. The van der Waals surface area contributed by atoms with E-state index in [9.17, 15) is 9.50 Å². The number of rotatable bonds is 3. The summed E-state index contributed by atoms with van der Waals surface area (Å²) in [6.07, 6.45) is 0.518. The van der Waals surface area contributed by atoms with Crippen molar-refractivity contribution >= 4 is 0 Å². The number of hydrogen-bond acceptors (Lipinski definition) is 4. The largest absolute Gasteiger partial charge is 0.508 e. The van der Waals surface area contributed by atoms with Gasteiger partial charge in [-0.05, 0) is 17.7 Å². The van der Waals surface area contributed by atoms with Gasteiger partial charge in [-0.2, -0.15) is 4.98 Å². The molecule has 1 heterocycles. The average molecular weight is 270 g/mol. The second-order valence-electron chi connectivity index (χ2n) is 4.34. The topological polar surface area (TPSA) is 59.2 Å². The number of halogens is 1. The highest BCUT2D eigenvalue weighted by molar-refractivity contribution is 5.55. The van der Waals surface area contributed by atoms with Crippen LogP contribution in [0.4, 0.5) is 4.39 Å². The Kier molecular flexibility index (Phi) is 3.16. The summed E-state index contributed by atoms with van der Waals surface area (Å²) < 4.78 is 18.7. The summed E-state index contributed by atoms with van der Waals surface area (Å²) in [6, 6.07) is 13.5. The lowest BCUT2D eigenvalue weighted by Gasteiger charge is -1.97.